The van der Waals surface area contributed by atoms with Crippen LogP contribution in [-0.4, -0.2) is 55.0 Å². The van der Waals surface area contributed by atoms with E-state index < -0.39 is 11.5 Å². The molecule has 0 spiro atoms. The van der Waals surface area contributed by atoms with Gasteiger partial charge in [0.05, 0.1) is 50.2 Å². The molecule has 7 nitrogen and oxygen atoms in total. The van der Waals surface area contributed by atoms with Crippen molar-refractivity contribution in [3.05, 3.63) is 42.5 Å². The zero-order chi connectivity index (χ0) is 27.4. The van der Waals surface area contributed by atoms with Crippen LogP contribution in [0, 0.1) is 11.3 Å². The molecule has 37 heavy (non-hydrogen) atoms. The molecular formula is C30H46O7. The van der Waals surface area contributed by atoms with Crippen LogP contribution in [0.4, 0.5) is 0 Å². The first kappa shape index (κ1) is 31.0. The molecule has 0 aliphatic carbocycles. The van der Waals surface area contributed by atoms with Gasteiger partial charge in [-0.05, 0) is 57.7 Å². The highest BCUT2D eigenvalue weighted by Gasteiger charge is 2.28. The molecule has 5 atom stereocenters. The van der Waals surface area contributed by atoms with Gasteiger partial charge in [0.25, 0.3) is 0 Å². The molecule has 1 aliphatic rings. The Morgan fingerprint density at radius 2 is 1.86 bits per heavy atom. The van der Waals surface area contributed by atoms with Gasteiger partial charge in [-0.15, -0.1) is 6.58 Å². The maximum absolute atomic E-state index is 12.7. The number of benzene rings is 1. The Labute approximate surface area is 222 Å². The summed E-state index contributed by atoms with van der Waals surface area (Å²) in [6, 6.07) is 7.66. The monoisotopic (exact) mass is 518 g/mol. The van der Waals surface area contributed by atoms with Gasteiger partial charge in [0.1, 0.15) is 11.5 Å². The summed E-state index contributed by atoms with van der Waals surface area (Å²) in [5.74, 6) is 0.572. The number of methoxy groups -OCH3 is 1. The molecule has 1 aromatic carbocycles. The molecule has 1 fully saturated rings. The predicted molar refractivity (Wildman–Crippen MR) is 143 cm³/mol. The fraction of sp³-hybridized carbons (Fsp3) is 0.667. The van der Waals surface area contributed by atoms with Crippen LogP contribution in [0.1, 0.15) is 78.2 Å². The van der Waals surface area contributed by atoms with Gasteiger partial charge in [-0.3, -0.25) is 9.59 Å². The average Bonchev–Trinajstić information content (AvgIpc) is 2.85. The molecule has 1 heterocycles. The van der Waals surface area contributed by atoms with Crippen molar-refractivity contribution in [2.75, 3.05) is 13.7 Å². The molecule has 7 heteroatoms. The normalized spacial score (nSPS) is 20.5. The Morgan fingerprint density at radius 3 is 2.49 bits per heavy atom. The summed E-state index contributed by atoms with van der Waals surface area (Å²) < 4.78 is 22.8. The first-order chi connectivity index (χ1) is 17.5. The van der Waals surface area contributed by atoms with E-state index in [1.807, 2.05) is 58.0 Å². The lowest BCUT2D eigenvalue weighted by Gasteiger charge is -2.30. The second kappa shape index (κ2) is 15.3. The summed E-state index contributed by atoms with van der Waals surface area (Å²) in [5, 5.41) is 10.7. The molecule has 208 valence electrons. The van der Waals surface area contributed by atoms with Crippen molar-refractivity contribution >= 4 is 11.8 Å². The van der Waals surface area contributed by atoms with E-state index in [9.17, 15) is 14.7 Å². The van der Waals surface area contributed by atoms with Crippen molar-refractivity contribution in [3.63, 3.8) is 0 Å². The molecule has 0 unspecified atom stereocenters. The molecule has 0 saturated carbocycles. The molecule has 0 radical (unpaired) electrons. The van der Waals surface area contributed by atoms with E-state index in [1.54, 1.807) is 7.11 Å². The van der Waals surface area contributed by atoms with E-state index in [-0.39, 0.29) is 48.8 Å². The molecule has 1 aromatic rings. The number of ketones is 1. The number of hydrogen-bond acceptors (Lipinski definition) is 7. The summed E-state index contributed by atoms with van der Waals surface area (Å²) in [5.41, 5.74) is 0.483. The molecule has 1 saturated heterocycles. The van der Waals surface area contributed by atoms with Crippen LogP contribution in [0.3, 0.4) is 0 Å². The zero-order valence-electron chi connectivity index (χ0n) is 23.2. The quantitative estimate of drug-likeness (QED) is 0.245. The Morgan fingerprint density at radius 1 is 1.19 bits per heavy atom. The molecule has 1 aliphatic heterocycles. The van der Waals surface area contributed by atoms with Crippen molar-refractivity contribution < 1.29 is 33.6 Å². The number of hydrogen-bond donors (Lipinski definition) is 1. The van der Waals surface area contributed by atoms with E-state index in [1.165, 1.54) is 0 Å². The van der Waals surface area contributed by atoms with Crippen LogP contribution in [0.5, 0.6) is 5.75 Å². The Hall–Kier alpha value is -2.22. The van der Waals surface area contributed by atoms with E-state index in [0.29, 0.717) is 26.1 Å². The number of aliphatic hydroxyl groups excluding tert-OH is 1. The van der Waals surface area contributed by atoms with Crippen LogP contribution in [-0.2, 0) is 30.4 Å². The zero-order valence-corrected chi connectivity index (χ0v) is 23.2. The maximum Gasteiger partial charge on any atom is 0.311 e. The van der Waals surface area contributed by atoms with Gasteiger partial charge in [-0.1, -0.05) is 25.1 Å². The van der Waals surface area contributed by atoms with Crippen molar-refractivity contribution in [1.29, 1.82) is 0 Å². The fourth-order valence-electron chi connectivity index (χ4n) is 4.31. The standard InChI is InChI=1S/C30H46O7/c1-7-21(2)28(36-20-22-11-13-25(34-6)14-12-22)19-24(32)17-23(31)18-27-10-8-9-26(37-27)15-16-35-29(33)30(3,4)5/h7,11-14,21,24,26-28,32H,1,8-10,15-20H2,2-6H3/t21-,24-,26+,27-,28+/m0/s1. The van der Waals surface area contributed by atoms with Crippen LogP contribution >= 0.6 is 0 Å². The van der Waals surface area contributed by atoms with Gasteiger partial charge in [-0.2, -0.15) is 0 Å². The third-order valence-electron chi connectivity index (χ3n) is 6.73. The van der Waals surface area contributed by atoms with Gasteiger partial charge >= 0.3 is 5.97 Å². The first-order valence-electron chi connectivity index (χ1n) is 13.4. The van der Waals surface area contributed by atoms with Gasteiger partial charge in [0.2, 0.25) is 0 Å². The minimum Gasteiger partial charge on any atom is -0.497 e. The van der Waals surface area contributed by atoms with Crippen LogP contribution in [0.25, 0.3) is 0 Å². The molecular weight excluding hydrogens is 472 g/mol. The van der Waals surface area contributed by atoms with E-state index in [0.717, 1.165) is 30.6 Å². The van der Waals surface area contributed by atoms with E-state index >= 15 is 0 Å². The lowest BCUT2D eigenvalue weighted by Crippen LogP contribution is -2.32. The Bertz CT molecular complexity index is 842. The van der Waals surface area contributed by atoms with Crippen molar-refractivity contribution in [2.45, 2.75) is 104 Å². The molecule has 1 N–H and O–H groups in total. The molecule has 2 rings (SSSR count). The van der Waals surface area contributed by atoms with Gasteiger partial charge < -0.3 is 24.1 Å². The second-order valence-electron chi connectivity index (χ2n) is 11.1. The van der Waals surface area contributed by atoms with Gasteiger partial charge in [0, 0.05) is 31.6 Å². The summed E-state index contributed by atoms with van der Waals surface area (Å²) in [6.07, 6.45) is 4.58. The number of esters is 1. The second-order valence-corrected chi connectivity index (χ2v) is 11.1. The Balaban J connectivity index is 1.77. The summed E-state index contributed by atoms with van der Waals surface area (Å²) in [6.45, 7) is 12.1. The van der Waals surface area contributed by atoms with Crippen molar-refractivity contribution in [2.24, 2.45) is 11.3 Å². The molecule has 0 aromatic heterocycles. The topological polar surface area (TPSA) is 91.3 Å². The largest absolute Gasteiger partial charge is 0.497 e. The summed E-state index contributed by atoms with van der Waals surface area (Å²) >= 11 is 0. The maximum atomic E-state index is 12.7. The van der Waals surface area contributed by atoms with E-state index in [4.69, 9.17) is 18.9 Å². The number of ether oxygens (including phenoxy) is 4. The number of carbonyl (C=O) groups excluding carboxylic acids is 2. The van der Waals surface area contributed by atoms with Crippen LogP contribution in [0.15, 0.2) is 36.9 Å². The highest BCUT2D eigenvalue weighted by atomic mass is 16.5. The van der Waals surface area contributed by atoms with Crippen molar-refractivity contribution in [3.8, 4) is 5.75 Å². The van der Waals surface area contributed by atoms with Crippen LogP contribution < -0.4 is 4.74 Å². The lowest BCUT2D eigenvalue weighted by molar-refractivity contribution is -0.154. The minimum absolute atomic E-state index is 0.0162. The Kier molecular flexibility index (Phi) is 12.8. The van der Waals surface area contributed by atoms with Gasteiger partial charge in [0.15, 0.2) is 0 Å². The van der Waals surface area contributed by atoms with Crippen molar-refractivity contribution in [1.82, 2.24) is 0 Å². The third kappa shape index (κ3) is 11.4. The highest BCUT2D eigenvalue weighted by Crippen LogP contribution is 2.25. The highest BCUT2D eigenvalue weighted by molar-refractivity contribution is 5.79. The lowest BCUT2D eigenvalue weighted by atomic mass is 9.94. The summed E-state index contributed by atoms with van der Waals surface area (Å²) in [4.78, 5) is 24.7. The first-order valence-corrected chi connectivity index (χ1v) is 13.4. The van der Waals surface area contributed by atoms with E-state index in [2.05, 4.69) is 6.58 Å². The van der Waals surface area contributed by atoms with Gasteiger partial charge in [-0.25, -0.2) is 0 Å². The number of aliphatic hydroxyl groups is 1. The van der Waals surface area contributed by atoms with Crippen LogP contribution in [0.2, 0.25) is 0 Å². The average molecular weight is 519 g/mol. The third-order valence-corrected chi connectivity index (χ3v) is 6.73. The SMILES string of the molecule is C=C[C@H](C)[C@@H](C[C@@H](O)CC(=O)C[C@@H]1CCC[C@H](CCOC(=O)C(C)(C)C)O1)OCc1ccc(OC)cc1. The number of Topliss-reactive ketones (excluding diaryl/α,β-unsaturated/α-hetero) is 1. The minimum atomic E-state index is -0.799. The number of carbonyl (C=O) groups is 2. The summed E-state index contributed by atoms with van der Waals surface area (Å²) in [7, 11) is 1.63. The number of rotatable bonds is 15. The predicted octanol–water partition coefficient (Wildman–Crippen LogP) is 5.42. The fourth-order valence-corrected chi connectivity index (χ4v) is 4.31. The molecule has 0 amide bonds. The molecule has 0 bridgehead atoms. The smallest absolute Gasteiger partial charge is 0.311 e.